The second-order valence-corrected chi connectivity index (χ2v) is 6.97. The Bertz CT molecular complexity index is 943. The fraction of sp³-hybridized carbons (Fsp3) is 0.318. The number of aromatic nitrogens is 2. The highest BCUT2D eigenvalue weighted by Crippen LogP contribution is 2.35. The van der Waals surface area contributed by atoms with Crippen LogP contribution in [-0.4, -0.2) is 23.4 Å². The van der Waals surface area contributed by atoms with Crippen molar-refractivity contribution >= 4 is 5.82 Å². The van der Waals surface area contributed by atoms with E-state index < -0.39 is 0 Å². The Morgan fingerprint density at radius 1 is 1.04 bits per heavy atom. The number of hydrogen-bond acceptors (Lipinski definition) is 3. The van der Waals surface area contributed by atoms with Crippen molar-refractivity contribution < 1.29 is 4.74 Å². The summed E-state index contributed by atoms with van der Waals surface area (Å²) in [5, 5.41) is 8.63. The van der Waals surface area contributed by atoms with Crippen LogP contribution in [0.5, 0.6) is 5.75 Å². The minimum Gasteiger partial charge on any atom is -0.497 e. The van der Waals surface area contributed by atoms with E-state index in [4.69, 9.17) is 9.84 Å². The Balaban J connectivity index is 1.90. The largest absolute Gasteiger partial charge is 0.497 e. The molecule has 0 bridgehead atoms. The number of ether oxygens (including phenoxy) is 1. The van der Waals surface area contributed by atoms with Crippen molar-refractivity contribution in [3.8, 4) is 22.7 Å². The van der Waals surface area contributed by atoms with Gasteiger partial charge in [0.15, 0.2) is 0 Å². The van der Waals surface area contributed by atoms with Crippen LogP contribution in [0.3, 0.4) is 0 Å². The third-order valence-corrected chi connectivity index (χ3v) is 5.21. The van der Waals surface area contributed by atoms with Crippen LogP contribution in [0.4, 0.5) is 5.82 Å². The molecule has 0 radical (unpaired) electrons. The lowest BCUT2D eigenvalue weighted by molar-refractivity contribution is 0.415. The molecular weight excluding hydrogens is 322 g/mol. The van der Waals surface area contributed by atoms with Gasteiger partial charge in [-0.1, -0.05) is 18.2 Å². The summed E-state index contributed by atoms with van der Waals surface area (Å²) >= 11 is 0. The molecule has 0 amide bonds. The van der Waals surface area contributed by atoms with Crippen molar-refractivity contribution in [2.24, 2.45) is 0 Å². The highest BCUT2D eigenvalue weighted by molar-refractivity contribution is 5.72. The van der Waals surface area contributed by atoms with E-state index in [-0.39, 0.29) is 0 Å². The zero-order valence-electron chi connectivity index (χ0n) is 15.7. The first-order chi connectivity index (χ1) is 12.7. The number of rotatable bonds is 3. The van der Waals surface area contributed by atoms with Gasteiger partial charge in [-0.25, -0.2) is 4.68 Å². The number of nitrogens with zero attached hydrogens (tertiary/aromatic N) is 2. The van der Waals surface area contributed by atoms with Crippen LogP contribution < -0.4 is 10.1 Å². The smallest absolute Gasteiger partial charge is 0.133 e. The molecule has 0 saturated heterocycles. The van der Waals surface area contributed by atoms with Gasteiger partial charge >= 0.3 is 0 Å². The van der Waals surface area contributed by atoms with Crippen molar-refractivity contribution in [1.82, 2.24) is 9.78 Å². The lowest BCUT2D eigenvalue weighted by Crippen LogP contribution is -2.07. The Morgan fingerprint density at radius 3 is 2.73 bits per heavy atom. The van der Waals surface area contributed by atoms with E-state index in [0.29, 0.717) is 0 Å². The molecule has 134 valence electrons. The van der Waals surface area contributed by atoms with E-state index in [0.717, 1.165) is 41.5 Å². The summed E-state index contributed by atoms with van der Waals surface area (Å²) in [6, 6.07) is 14.7. The van der Waals surface area contributed by atoms with Gasteiger partial charge in [-0.15, -0.1) is 0 Å². The summed E-state index contributed by atoms with van der Waals surface area (Å²) in [7, 11) is 1.70. The number of benzene rings is 2. The molecule has 0 aliphatic carbocycles. The first-order valence-corrected chi connectivity index (χ1v) is 9.25. The molecule has 1 aliphatic heterocycles. The third-order valence-electron chi connectivity index (χ3n) is 5.21. The van der Waals surface area contributed by atoms with Gasteiger partial charge in [0, 0.05) is 17.7 Å². The van der Waals surface area contributed by atoms with Gasteiger partial charge < -0.3 is 10.1 Å². The maximum atomic E-state index is 5.42. The monoisotopic (exact) mass is 347 g/mol. The molecule has 4 nitrogen and oxygen atoms in total. The highest BCUT2D eigenvalue weighted by Gasteiger charge is 2.22. The Labute approximate surface area is 154 Å². The number of methoxy groups -OCH3 is 1. The first-order valence-electron chi connectivity index (χ1n) is 9.25. The summed E-state index contributed by atoms with van der Waals surface area (Å²) in [5.74, 6) is 1.99. The normalized spacial score (nSPS) is 13.7. The van der Waals surface area contributed by atoms with E-state index >= 15 is 0 Å². The van der Waals surface area contributed by atoms with E-state index in [1.807, 2.05) is 12.1 Å². The molecule has 4 rings (SSSR count). The zero-order valence-corrected chi connectivity index (χ0v) is 15.7. The van der Waals surface area contributed by atoms with Crippen molar-refractivity contribution in [2.75, 3.05) is 19.0 Å². The van der Waals surface area contributed by atoms with Crippen molar-refractivity contribution in [3.63, 3.8) is 0 Å². The summed E-state index contributed by atoms with van der Waals surface area (Å²) < 4.78 is 7.49. The van der Waals surface area contributed by atoms with Crippen molar-refractivity contribution in [1.29, 1.82) is 0 Å². The molecule has 2 heterocycles. The molecule has 1 N–H and O–H groups in total. The minimum atomic E-state index is 0.860. The summed E-state index contributed by atoms with van der Waals surface area (Å²) in [4.78, 5) is 0. The lowest BCUT2D eigenvalue weighted by Gasteiger charge is -2.10. The second-order valence-electron chi connectivity index (χ2n) is 6.97. The fourth-order valence-electron chi connectivity index (χ4n) is 3.55. The van der Waals surface area contributed by atoms with Crippen molar-refractivity contribution in [3.05, 3.63) is 59.2 Å². The van der Waals surface area contributed by atoms with E-state index in [1.54, 1.807) is 7.11 Å². The zero-order chi connectivity index (χ0) is 18.1. The van der Waals surface area contributed by atoms with Gasteiger partial charge in [0.05, 0.1) is 18.5 Å². The minimum absolute atomic E-state index is 0.860. The second kappa shape index (κ2) is 6.87. The van der Waals surface area contributed by atoms with Crippen LogP contribution in [-0.2, 0) is 6.42 Å². The van der Waals surface area contributed by atoms with Crippen molar-refractivity contribution in [2.45, 2.75) is 33.1 Å². The quantitative estimate of drug-likeness (QED) is 0.731. The fourth-order valence-corrected chi connectivity index (χ4v) is 3.55. The van der Waals surface area contributed by atoms with Crippen LogP contribution in [0.15, 0.2) is 42.5 Å². The maximum Gasteiger partial charge on any atom is 0.133 e. The molecule has 4 heteroatoms. The van der Waals surface area contributed by atoms with Gasteiger partial charge in [0.2, 0.25) is 0 Å². The van der Waals surface area contributed by atoms with Gasteiger partial charge in [-0.05, 0) is 68.5 Å². The predicted octanol–water partition coefficient (Wildman–Crippen LogP) is 4.91. The summed E-state index contributed by atoms with van der Waals surface area (Å²) in [5.41, 5.74) is 7.14. The molecule has 0 atom stereocenters. The van der Waals surface area contributed by atoms with Gasteiger partial charge in [-0.2, -0.15) is 5.10 Å². The number of hydrogen-bond donors (Lipinski definition) is 1. The van der Waals surface area contributed by atoms with Crippen LogP contribution in [0.25, 0.3) is 16.9 Å². The summed E-state index contributed by atoms with van der Waals surface area (Å²) in [6.07, 6.45) is 3.40. The number of aryl methyl sites for hydroxylation is 2. The molecule has 2 aromatic carbocycles. The Morgan fingerprint density at radius 2 is 1.92 bits per heavy atom. The molecule has 1 aliphatic rings. The molecular formula is C22H25N3O. The van der Waals surface area contributed by atoms with E-state index in [2.05, 4.69) is 54.2 Å². The highest BCUT2D eigenvalue weighted by atomic mass is 16.5. The average molecular weight is 347 g/mol. The van der Waals surface area contributed by atoms with Crippen LogP contribution >= 0.6 is 0 Å². The molecule has 3 aromatic rings. The average Bonchev–Trinajstić information content (AvgIpc) is 2.85. The first kappa shape index (κ1) is 16.7. The molecule has 0 spiro atoms. The molecule has 0 fully saturated rings. The van der Waals surface area contributed by atoms with E-state index in [1.165, 1.54) is 29.5 Å². The predicted molar refractivity (Wildman–Crippen MR) is 106 cm³/mol. The number of fused-ring (bicyclic) bond motifs is 1. The Hall–Kier alpha value is -2.75. The molecule has 26 heavy (non-hydrogen) atoms. The van der Waals surface area contributed by atoms with Crippen LogP contribution in [0.2, 0.25) is 0 Å². The standard InChI is InChI=1S/C22H25N3O/c1-15-10-11-18(13-16(15)2)25-22-20(9-4-5-12-23-22)21(24-25)17-7-6-8-19(14-17)26-3/h6-8,10-11,13-14,23H,4-5,9,12H2,1-3H3. The number of nitrogens with one attached hydrogen (secondary N) is 1. The third kappa shape index (κ3) is 2.96. The van der Waals surface area contributed by atoms with Gasteiger partial charge in [-0.3, -0.25) is 0 Å². The van der Waals surface area contributed by atoms with Crippen LogP contribution in [0.1, 0.15) is 29.5 Å². The topological polar surface area (TPSA) is 39.1 Å². The van der Waals surface area contributed by atoms with E-state index in [9.17, 15) is 0 Å². The van der Waals surface area contributed by atoms with Crippen LogP contribution in [0, 0.1) is 13.8 Å². The lowest BCUT2D eigenvalue weighted by atomic mass is 10.0. The number of anilines is 1. The Kier molecular flexibility index (Phi) is 4.41. The molecule has 1 aromatic heterocycles. The SMILES string of the molecule is COc1cccc(-c2nn(-c3ccc(C)c(C)c3)c3c2CCCCN3)c1. The van der Waals surface area contributed by atoms with Gasteiger partial charge in [0.1, 0.15) is 11.6 Å². The summed E-state index contributed by atoms with van der Waals surface area (Å²) in [6.45, 7) is 5.28. The maximum absolute atomic E-state index is 5.42. The van der Waals surface area contributed by atoms with Gasteiger partial charge in [0.25, 0.3) is 0 Å². The molecule has 0 unspecified atom stereocenters. The molecule has 0 saturated carbocycles.